The highest BCUT2D eigenvalue weighted by Crippen LogP contribution is 2.31. The summed E-state index contributed by atoms with van der Waals surface area (Å²) >= 11 is 0. The average Bonchev–Trinajstić information content (AvgIpc) is 2.58. The van der Waals surface area contributed by atoms with E-state index in [0.29, 0.717) is 44.6 Å². The van der Waals surface area contributed by atoms with Gasteiger partial charge in [-0.2, -0.15) is 4.31 Å². The normalized spacial score (nSPS) is 25.8. The van der Waals surface area contributed by atoms with Crippen LogP contribution in [0.2, 0.25) is 0 Å². The molecule has 1 aromatic heterocycles. The number of piperazine rings is 1. The average molecular weight is 439 g/mol. The Hall–Kier alpha value is -0.640. The molecule has 1 aromatic rings. The Kier molecular flexibility index (Phi) is 7.38. The van der Waals surface area contributed by atoms with Crippen molar-refractivity contribution in [1.29, 1.82) is 0 Å². The van der Waals surface area contributed by atoms with Crippen molar-refractivity contribution in [1.82, 2.24) is 19.1 Å². The van der Waals surface area contributed by atoms with Crippen LogP contribution in [0.25, 0.3) is 0 Å². The molecule has 0 aliphatic carbocycles. The van der Waals surface area contributed by atoms with Crippen molar-refractivity contribution < 1.29 is 8.42 Å². The summed E-state index contributed by atoms with van der Waals surface area (Å²) in [6.07, 6.45) is 2.43. The number of hydrogen-bond acceptors (Lipinski definition) is 5. The standard InChI is InChI=1S/C17H26N4O3S.2ClH/c1-25(23,24)20-6-4-19(5-7-20)12-14-2-3-16-15-8-13(9-18-10-15)11-21(16)17(14)22;;/h2-3,13,15,18H,4-12H2,1H3;2*1H/t13-,15+;;/m0../s1. The fraction of sp³-hybridized carbons (Fsp3) is 0.706. The molecule has 154 valence electrons. The summed E-state index contributed by atoms with van der Waals surface area (Å²) in [6, 6.07) is 4.10. The highest BCUT2D eigenvalue weighted by molar-refractivity contribution is 7.88. The van der Waals surface area contributed by atoms with Crippen LogP contribution in [0.5, 0.6) is 0 Å². The molecular formula is C17H28Cl2N4O3S. The van der Waals surface area contributed by atoms with Crippen LogP contribution in [0, 0.1) is 5.92 Å². The van der Waals surface area contributed by atoms with Crippen molar-refractivity contribution in [3.8, 4) is 0 Å². The van der Waals surface area contributed by atoms with E-state index in [9.17, 15) is 13.2 Å². The van der Waals surface area contributed by atoms with Crippen molar-refractivity contribution in [2.75, 3.05) is 45.5 Å². The molecular weight excluding hydrogens is 411 g/mol. The molecule has 0 aromatic carbocycles. The third-order valence-electron chi connectivity index (χ3n) is 5.78. The van der Waals surface area contributed by atoms with Gasteiger partial charge >= 0.3 is 0 Å². The van der Waals surface area contributed by atoms with Gasteiger partial charge in [0.05, 0.1) is 6.26 Å². The first-order chi connectivity index (χ1) is 11.9. The first kappa shape index (κ1) is 22.6. The number of rotatable bonds is 3. The van der Waals surface area contributed by atoms with Gasteiger partial charge < -0.3 is 9.88 Å². The van der Waals surface area contributed by atoms with Gasteiger partial charge in [-0.25, -0.2) is 8.42 Å². The van der Waals surface area contributed by atoms with Crippen molar-refractivity contribution in [3.05, 3.63) is 33.7 Å². The maximum absolute atomic E-state index is 13.0. The van der Waals surface area contributed by atoms with Crippen molar-refractivity contribution in [2.24, 2.45) is 5.92 Å². The molecule has 0 unspecified atom stereocenters. The summed E-state index contributed by atoms with van der Waals surface area (Å²) < 4.78 is 26.7. The number of sulfonamides is 1. The van der Waals surface area contributed by atoms with E-state index in [1.807, 2.05) is 10.6 Å². The molecule has 3 aliphatic rings. The largest absolute Gasteiger partial charge is 0.316 e. The minimum absolute atomic E-state index is 0. The molecule has 1 N–H and O–H groups in total. The van der Waals surface area contributed by atoms with Gasteiger partial charge in [-0.15, -0.1) is 24.8 Å². The van der Waals surface area contributed by atoms with E-state index in [0.717, 1.165) is 25.2 Å². The second kappa shape index (κ2) is 8.80. The number of aromatic nitrogens is 1. The topological polar surface area (TPSA) is 74.7 Å². The van der Waals surface area contributed by atoms with Gasteiger partial charge in [-0.1, -0.05) is 6.07 Å². The Labute approximate surface area is 173 Å². The minimum Gasteiger partial charge on any atom is -0.316 e. The fourth-order valence-corrected chi connectivity index (χ4v) is 5.24. The van der Waals surface area contributed by atoms with Crippen LogP contribution in [0.1, 0.15) is 23.6 Å². The first-order valence-electron chi connectivity index (χ1n) is 9.02. The second-order valence-electron chi connectivity index (χ2n) is 7.59. The lowest BCUT2D eigenvalue weighted by Gasteiger charge is -2.38. The predicted molar refractivity (Wildman–Crippen MR) is 111 cm³/mol. The number of pyridine rings is 1. The van der Waals surface area contributed by atoms with E-state index in [1.54, 1.807) is 0 Å². The Morgan fingerprint density at radius 1 is 1.11 bits per heavy atom. The molecule has 10 heteroatoms. The van der Waals surface area contributed by atoms with Gasteiger partial charge in [0.25, 0.3) is 5.56 Å². The zero-order valence-corrected chi connectivity index (χ0v) is 17.9. The van der Waals surface area contributed by atoms with E-state index in [1.165, 1.54) is 22.7 Å². The molecule has 0 radical (unpaired) electrons. The van der Waals surface area contributed by atoms with E-state index in [2.05, 4.69) is 16.3 Å². The van der Waals surface area contributed by atoms with E-state index >= 15 is 0 Å². The van der Waals surface area contributed by atoms with Gasteiger partial charge in [0.15, 0.2) is 0 Å². The Bertz CT molecular complexity index is 822. The predicted octanol–water partition coefficient (Wildman–Crippen LogP) is 0.476. The molecule has 7 nitrogen and oxygen atoms in total. The van der Waals surface area contributed by atoms with Crippen molar-refractivity contribution in [2.45, 2.75) is 25.4 Å². The maximum atomic E-state index is 13.0. The smallest absolute Gasteiger partial charge is 0.255 e. The van der Waals surface area contributed by atoms with Gasteiger partial charge in [-0.3, -0.25) is 9.69 Å². The van der Waals surface area contributed by atoms with Crippen LogP contribution < -0.4 is 10.9 Å². The summed E-state index contributed by atoms with van der Waals surface area (Å²) in [5.74, 6) is 1.00. The van der Waals surface area contributed by atoms with Gasteiger partial charge in [0.2, 0.25) is 10.0 Å². The third kappa shape index (κ3) is 4.68. The summed E-state index contributed by atoms with van der Waals surface area (Å²) in [5, 5.41) is 3.47. The number of halogens is 2. The van der Waals surface area contributed by atoms with E-state index in [-0.39, 0.29) is 30.4 Å². The summed E-state index contributed by atoms with van der Waals surface area (Å²) in [6.45, 7) is 5.72. The van der Waals surface area contributed by atoms with Crippen LogP contribution in [0.15, 0.2) is 16.9 Å². The van der Waals surface area contributed by atoms with Crippen LogP contribution >= 0.6 is 24.8 Å². The number of nitrogens with zero attached hydrogens (tertiary/aromatic N) is 3. The lowest BCUT2D eigenvalue weighted by atomic mass is 9.84. The molecule has 0 amide bonds. The second-order valence-corrected chi connectivity index (χ2v) is 9.58. The summed E-state index contributed by atoms with van der Waals surface area (Å²) in [4.78, 5) is 15.1. The molecule has 2 saturated heterocycles. The third-order valence-corrected chi connectivity index (χ3v) is 7.08. The number of piperidine rings is 1. The number of hydrogen-bond donors (Lipinski definition) is 1. The molecule has 4 heterocycles. The lowest BCUT2D eigenvalue weighted by molar-refractivity contribution is 0.180. The Morgan fingerprint density at radius 3 is 2.48 bits per heavy atom. The molecule has 4 rings (SSSR count). The van der Waals surface area contributed by atoms with Crippen LogP contribution in [0.3, 0.4) is 0 Å². The molecule has 2 atom stereocenters. The minimum atomic E-state index is -3.12. The fourth-order valence-electron chi connectivity index (χ4n) is 4.42. The summed E-state index contributed by atoms with van der Waals surface area (Å²) in [5.41, 5.74) is 2.13. The van der Waals surface area contributed by atoms with Crippen LogP contribution in [-0.4, -0.2) is 67.7 Å². The lowest BCUT2D eigenvalue weighted by Crippen LogP contribution is -2.49. The zero-order valence-electron chi connectivity index (χ0n) is 15.5. The van der Waals surface area contributed by atoms with Crippen LogP contribution in [0.4, 0.5) is 0 Å². The van der Waals surface area contributed by atoms with Gasteiger partial charge in [-0.05, 0) is 24.9 Å². The highest BCUT2D eigenvalue weighted by atomic mass is 35.5. The van der Waals surface area contributed by atoms with Crippen LogP contribution in [-0.2, 0) is 23.1 Å². The molecule has 2 bridgehead atoms. The molecule has 0 spiro atoms. The molecule has 0 saturated carbocycles. The van der Waals surface area contributed by atoms with E-state index < -0.39 is 10.0 Å². The summed E-state index contributed by atoms with van der Waals surface area (Å²) in [7, 11) is -3.12. The quantitative estimate of drug-likeness (QED) is 0.742. The monoisotopic (exact) mass is 438 g/mol. The van der Waals surface area contributed by atoms with Gasteiger partial charge in [0, 0.05) is 63.0 Å². The molecule has 2 fully saturated rings. The van der Waals surface area contributed by atoms with E-state index in [4.69, 9.17) is 0 Å². The number of nitrogens with one attached hydrogen (secondary N) is 1. The van der Waals surface area contributed by atoms with Crippen molar-refractivity contribution >= 4 is 34.8 Å². The Morgan fingerprint density at radius 2 is 1.81 bits per heavy atom. The number of fused-ring (bicyclic) bond motifs is 4. The first-order valence-corrected chi connectivity index (χ1v) is 10.9. The zero-order chi connectivity index (χ0) is 17.6. The van der Waals surface area contributed by atoms with Crippen molar-refractivity contribution in [3.63, 3.8) is 0 Å². The SMILES string of the molecule is CS(=O)(=O)N1CCN(Cc2ccc3n(c2=O)C[C@@H]2CNC[C@H]3C2)CC1.Cl.Cl. The molecule has 27 heavy (non-hydrogen) atoms. The van der Waals surface area contributed by atoms with Gasteiger partial charge in [0.1, 0.15) is 0 Å². The Balaban J connectivity index is 0.00000131. The maximum Gasteiger partial charge on any atom is 0.255 e. The molecule has 3 aliphatic heterocycles. The highest BCUT2D eigenvalue weighted by Gasteiger charge is 2.31.